The SMILES string of the molecule is CC(COCc1ccccc1)N1CCNCCNCCNCC1. The lowest BCUT2D eigenvalue weighted by Crippen LogP contribution is -2.46. The molecule has 0 radical (unpaired) electrons. The molecule has 1 aliphatic heterocycles. The second-order valence-electron chi connectivity index (χ2n) is 6.14. The standard InChI is InChI=1S/C18H32N4O/c1-17(15-23-16-18-5-3-2-4-6-18)22-13-11-20-9-7-19-8-10-21-12-14-22/h2-6,17,19-21H,7-16H2,1H3. The molecule has 1 unspecified atom stereocenters. The molecular weight excluding hydrogens is 288 g/mol. The van der Waals surface area contributed by atoms with Gasteiger partial charge in [0.1, 0.15) is 0 Å². The smallest absolute Gasteiger partial charge is 0.0717 e. The van der Waals surface area contributed by atoms with E-state index in [0.29, 0.717) is 12.6 Å². The van der Waals surface area contributed by atoms with E-state index in [-0.39, 0.29) is 0 Å². The predicted octanol–water partition coefficient (Wildman–Crippen LogP) is 0.676. The van der Waals surface area contributed by atoms with Gasteiger partial charge in [0.05, 0.1) is 13.2 Å². The first-order valence-corrected chi connectivity index (χ1v) is 8.84. The van der Waals surface area contributed by atoms with E-state index in [4.69, 9.17) is 4.74 Å². The van der Waals surface area contributed by atoms with Gasteiger partial charge in [-0.1, -0.05) is 30.3 Å². The molecule has 5 heteroatoms. The second kappa shape index (κ2) is 11.5. The molecule has 1 fully saturated rings. The van der Waals surface area contributed by atoms with E-state index in [1.807, 2.05) is 6.07 Å². The lowest BCUT2D eigenvalue weighted by molar-refractivity contribution is 0.0575. The predicted molar refractivity (Wildman–Crippen MR) is 95.7 cm³/mol. The molecule has 130 valence electrons. The Morgan fingerprint density at radius 2 is 1.48 bits per heavy atom. The van der Waals surface area contributed by atoms with Crippen molar-refractivity contribution < 1.29 is 4.74 Å². The Bertz CT molecular complexity index is 389. The zero-order valence-corrected chi connectivity index (χ0v) is 14.4. The highest BCUT2D eigenvalue weighted by atomic mass is 16.5. The quantitative estimate of drug-likeness (QED) is 0.745. The third-order valence-corrected chi connectivity index (χ3v) is 4.20. The molecule has 23 heavy (non-hydrogen) atoms. The molecule has 0 spiro atoms. The molecule has 0 amide bonds. The highest BCUT2D eigenvalue weighted by Gasteiger charge is 2.13. The summed E-state index contributed by atoms with van der Waals surface area (Å²) in [6.45, 7) is 12.1. The Balaban J connectivity index is 1.71. The zero-order chi connectivity index (χ0) is 16.2. The summed E-state index contributed by atoms with van der Waals surface area (Å²) < 4.78 is 5.91. The van der Waals surface area contributed by atoms with Gasteiger partial charge in [-0.2, -0.15) is 0 Å². The van der Waals surface area contributed by atoms with E-state index < -0.39 is 0 Å². The van der Waals surface area contributed by atoms with Gasteiger partial charge in [-0.15, -0.1) is 0 Å². The first kappa shape index (κ1) is 18.4. The van der Waals surface area contributed by atoms with Crippen molar-refractivity contribution in [2.45, 2.75) is 19.6 Å². The van der Waals surface area contributed by atoms with Crippen LogP contribution in [-0.2, 0) is 11.3 Å². The van der Waals surface area contributed by atoms with Crippen LogP contribution in [0.2, 0.25) is 0 Å². The number of nitrogens with zero attached hydrogens (tertiary/aromatic N) is 1. The van der Waals surface area contributed by atoms with Gasteiger partial charge in [0.25, 0.3) is 0 Å². The monoisotopic (exact) mass is 320 g/mol. The molecule has 1 aliphatic rings. The van der Waals surface area contributed by atoms with Crippen LogP contribution < -0.4 is 16.0 Å². The van der Waals surface area contributed by atoms with Gasteiger partial charge < -0.3 is 20.7 Å². The average molecular weight is 320 g/mol. The van der Waals surface area contributed by atoms with Crippen LogP contribution in [-0.4, -0.2) is 69.9 Å². The summed E-state index contributed by atoms with van der Waals surface area (Å²) in [5.74, 6) is 0. The van der Waals surface area contributed by atoms with Crippen LogP contribution >= 0.6 is 0 Å². The van der Waals surface area contributed by atoms with Crippen LogP contribution in [0.5, 0.6) is 0 Å². The van der Waals surface area contributed by atoms with Crippen LogP contribution in [0.3, 0.4) is 0 Å². The van der Waals surface area contributed by atoms with Crippen molar-refractivity contribution in [1.29, 1.82) is 0 Å². The number of hydrogen-bond acceptors (Lipinski definition) is 5. The summed E-state index contributed by atoms with van der Waals surface area (Å²) in [5.41, 5.74) is 1.24. The number of benzene rings is 1. The van der Waals surface area contributed by atoms with E-state index in [1.54, 1.807) is 0 Å². The maximum Gasteiger partial charge on any atom is 0.0717 e. The van der Waals surface area contributed by atoms with Crippen molar-refractivity contribution in [3.63, 3.8) is 0 Å². The molecule has 1 aromatic carbocycles. The maximum atomic E-state index is 5.91. The van der Waals surface area contributed by atoms with Crippen molar-refractivity contribution in [2.75, 3.05) is 59.0 Å². The molecular formula is C18H32N4O. The number of nitrogens with one attached hydrogen (secondary N) is 3. The molecule has 0 bridgehead atoms. The van der Waals surface area contributed by atoms with Gasteiger partial charge in [-0.25, -0.2) is 0 Å². The maximum absolute atomic E-state index is 5.91. The third-order valence-electron chi connectivity index (χ3n) is 4.20. The first-order valence-electron chi connectivity index (χ1n) is 8.84. The molecule has 0 aliphatic carbocycles. The molecule has 2 rings (SSSR count). The lowest BCUT2D eigenvalue weighted by Gasteiger charge is -2.29. The number of ether oxygens (including phenoxy) is 1. The summed E-state index contributed by atoms with van der Waals surface area (Å²) in [4.78, 5) is 2.51. The van der Waals surface area contributed by atoms with Crippen molar-refractivity contribution >= 4 is 0 Å². The molecule has 1 atom stereocenters. The Morgan fingerprint density at radius 3 is 2.09 bits per heavy atom. The van der Waals surface area contributed by atoms with Gasteiger partial charge in [0.2, 0.25) is 0 Å². The van der Waals surface area contributed by atoms with E-state index in [1.165, 1.54) is 5.56 Å². The summed E-state index contributed by atoms with van der Waals surface area (Å²) in [6, 6.07) is 10.8. The number of hydrogen-bond donors (Lipinski definition) is 3. The van der Waals surface area contributed by atoms with E-state index in [0.717, 1.165) is 59.0 Å². The average Bonchev–Trinajstić information content (AvgIpc) is 2.56. The van der Waals surface area contributed by atoms with Crippen molar-refractivity contribution in [2.24, 2.45) is 0 Å². The van der Waals surface area contributed by atoms with Crippen molar-refractivity contribution in [3.05, 3.63) is 35.9 Å². The minimum absolute atomic E-state index is 0.434. The largest absolute Gasteiger partial charge is 0.375 e. The Labute approximate surface area is 140 Å². The summed E-state index contributed by atoms with van der Waals surface area (Å²) >= 11 is 0. The van der Waals surface area contributed by atoms with E-state index in [9.17, 15) is 0 Å². The molecule has 5 nitrogen and oxygen atoms in total. The number of rotatable bonds is 5. The minimum atomic E-state index is 0.434. The Kier molecular flexibility index (Phi) is 9.21. The second-order valence-corrected chi connectivity index (χ2v) is 6.14. The molecule has 0 saturated carbocycles. The fourth-order valence-corrected chi connectivity index (χ4v) is 2.75. The third kappa shape index (κ3) is 7.90. The first-order chi connectivity index (χ1) is 11.4. The lowest BCUT2D eigenvalue weighted by atomic mass is 10.2. The van der Waals surface area contributed by atoms with Crippen LogP contribution in [0.15, 0.2) is 30.3 Å². The summed E-state index contributed by atoms with van der Waals surface area (Å²) in [6.07, 6.45) is 0. The van der Waals surface area contributed by atoms with Crippen molar-refractivity contribution in [1.82, 2.24) is 20.9 Å². The van der Waals surface area contributed by atoms with Crippen LogP contribution in [0.25, 0.3) is 0 Å². The Hall–Kier alpha value is -0.980. The fraction of sp³-hybridized carbons (Fsp3) is 0.667. The highest BCUT2D eigenvalue weighted by molar-refractivity contribution is 5.13. The van der Waals surface area contributed by atoms with Gasteiger partial charge in [0, 0.05) is 58.4 Å². The zero-order valence-electron chi connectivity index (χ0n) is 14.4. The van der Waals surface area contributed by atoms with Gasteiger partial charge in [-0.3, -0.25) is 4.90 Å². The van der Waals surface area contributed by atoms with Gasteiger partial charge in [-0.05, 0) is 12.5 Å². The normalized spacial score (nSPS) is 20.4. The minimum Gasteiger partial charge on any atom is -0.375 e. The molecule has 0 aromatic heterocycles. The van der Waals surface area contributed by atoms with E-state index >= 15 is 0 Å². The molecule has 1 aromatic rings. The van der Waals surface area contributed by atoms with E-state index in [2.05, 4.69) is 52.0 Å². The Morgan fingerprint density at radius 1 is 0.913 bits per heavy atom. The molecule has 3 N–H and O–H groups in total. The topological polar surface area (TPSA) is 48.6 Å². The molecule has 1 heterocycles. The van der Waals surface area contributed by atoms with Crippen LogP contribution in [0, 0.1) is 0 Å². The highest BCUT2D eigenvalue weighted by Crippen LogP contribution is 2.04. The van der Waals surface area contributed by atoms with Crippen LogP contribution in [0.4, 0.5) is 0 Å². The molecule has 1 saturated heterocycles. The summed E-state index contributed by atoms with van der Waals surface area (Å²) in [7, 11) is 0. The summed E-state index contributed by atoms with van der Waals surface area (Å²) in [5, 5.41) is 10.4. The van der Waals surface area contributed by atoms with Gasteiger partial charge >= 0.3 is 0 Å². The van der Waals surface area contributed by atoms with Gasteiger partial charge in [0.15, 0.2) is 0 Å². The fourth-order valence-electron chi connectivity index (χ4n) is 2.75. The van der Waals surface area contributed by atoms with Crippen molar-refractivity contribution in [3.8, 4) is 0 Å². The van der Waals surface area contributed by atoms with Crippen LogP contribution in [0.1, 0.15) is 12.5 Å².